The summed E-state index contributed by atoms with van der Waals surface area (Å²) in [6, 6.07) is 3.79. The predicted octanol–water partition coefficient (Wildman–Crippen LogP) is 2.11. The van der Waals surface area contributed by atoms with Crippen LogP contribution in [0.25, 0.3) is 0 Å². The fourth-order valence-electron chi connectivity index (χ4n) is 2.37. The lowest BCUT2D eigenvalue weighted by molar-refractivity contribution is 0.315. The van der Waals surface area contributed by atoms with Gasteiger partial charge in [-0.1, -0.05) is 13.8 Å². The van der Waals surface area contributed by atoms with Gasteiger partial charge in [0.25, 0.3) is 0 Å². The Balaban J connectivity index is 1.75. The van der Waals surface area contributed by atoms with Crippen LogP contribution in [0.5, 0.6) is 5.75 Å². The molecule has 1 aromatic rings. The lowest BCUT2D eigenvalue weighted by Gasteiger charge is -2.36. The maximum absolute atomic E-state index is 5.64. The zero-order chi connectivity index (χ0) is 15.8. The molecule has 1 aromatic heterocycles. The van der Waals surface area contributed by atoms with Gasteiger partial charge in [0.15, 0.2) is 5.96 Å². The summed E-state index contributed by atoms with van der Waals surface area (Å²) >= 11 is 2.07. The molecule has 1 atom stereocenters. The van der Waals surface area contributed by atoms with Crippen molar-refractivity contribution in [3.63, 3.8) is 0 Å². The van der Waals surface area contributed by atoms with E-state index in [1.165, 1.54) is 0 Å². The van der Waals surface area contributed by atoms with Gasteiger partial charge in [0, 0.05) is 37.3 Å². The van der Waals surface area contributed by atoms with Crippen molar-refractivity contribution in [1.82, 2.24) is 15.2 Å². The first-order valence-electron chi connectivity index (χ1n) is 7.80. The number of nitrogens with one attached hydrogen (secondary N) is 1. The van der Waals surface area contributed by atoms with Crippen LogP contribution < -0.4 is 10.1 Å². The van der Waals surface area contributed by atoms with Crippen LogP contribution in [0.15, 0.2) is 29.5 Å². The molecule has 1 fully saturated rings. The van der Waals surface area contributed by atoms with Crippen molar-refractivity contribution < 1.29 is 4.74 Å². The lowest BCUT2D eigenvalue weighted by atomic mass is 10.1. The number of hydrogen-bond donors (Lipinski definition) is 1. The van der Waals surface area contributed by atoms with Gasteiger partial charge in [-0.25, -0.2) is 0 Å². The lowest BCUT2D eigenvalue weighted by Crippen LogP contribution is -2.49. The molecule has 0 spiro atoms. The number of aliphatic imine (C=N–C) groups is 1. The van der Waals surface area contributed by atoms with Crippen LogP contribution >= 0.6 is 11.8 Å². The molecule has 1 saturated heterocycles. The average molecular weight is 322 g/mol. The van der Waals surface area contributed by atoms with E-state index in [1.54, 1.807) is 12.4 Å². The first-order valence-corrected chi connectivity index (χ1v) is 8.85. The van der Waals surface area contributed by atoms with E-state index in [9.17, 15) is 0 Å². The molecule has 0 radical (unpaired) electrons. The molecule has 122 valence electrons. The zero-order valence-corrected chi connectivity index (χ0v) is 14.5. The first kappa shape index (κ1) is 16.9. The van der Waals surface area contributed by atoms with Gasteiger partial charge in [0.05, 0.1) is 12.7 Å². The van der Waals surface area contributed by atoms with E-state index in [2.05, 4.69) is 45.8 Å². The molecule has 0 bridgehead atoms. The van der Waals surface area contributed by atoms with Gasteiger partial charge in [0.2, 0.25) is 0 Å². The third-order valence-electron chi connectivity index (χ3n) is 3.64. The Morgan fingerprint density at radius 2 is 2.45 bits per heavy atom. The summed E-state index contributed by atoms with van der Waals surface area (Å²) in [6.07, 6.45) is 3.47. The van der Waals surface area contributed by atoms with Crippen LogP contribution in [0, 0.1) is 5.92 Å². The Bertz CT molecular complexity index is 466. The Morgan fingerprint density at radius 1 is 1.59 bits per heavy atom. The summed E-state index contributed by atoms with van der Waals surface area (Å²) in [5.41, 5.74) is 0. The minimum Gasteiger partial charge on any atom is -0.490 e. The summed E-state index contributed by atoms with van der Waals surface area (Å²) in [7, 11) is 1.84. The second-order valence-electron chi connectivity index (χ2n) is 5.61. The van der Waals surface area contributed by atoms with Crippen LogP contribution in [0.4, 0.5) is 0 Å². The molecule has 0 amide bonds. The van der Waals surface area contributed by atoms with Crippen LogP contribution in [-0.2, 0) is 0 Å². The number of rotatable bonds is 5. The number of thioether (sulfide) groups is 1. The van der Waals surface area contributed by atoms with Crippen molar-refractivity contribution in [3.8, 4) is 5.75 Å². The van der Waals surface area contributed by atoms with Gasteiger partial charge in [-0.2, -0.15) is 11.8 Å². The van der Waals surface area contributed by atoms with Crippen molar-refractivity contribution in [1.29, 1.82) is 0 Å². The monoisotopic (exact) mass is 322 g/mol. The van der Waals surface area contributed by atoms with Crippen molar-refractivity contribution in [3.05, 3.63) is 24.5 Å². The van der Waals surface area contributed by atoms with Gasteiger partial charge < -0.3 is 15.0 Å². The highest BCUT2D eigenvalue weighted by molar-refractivity contribution is 8.00. The summed E-state index contributed by atoms with van der Waals surface area (Å²) < 4.78 is 5.64. The molecule has 6 heteroatoms. The van der Waals surface area contributed by atoms with Crippen LogP contribution in [0.3, 0.4) is 0 Å². The first-order chi connectivity index (χ1) is 10.7. The number of hydrogen-bond acceptors (Lipinski definition) is 4. The molecule has 1 aliphatic heterocycles. The van der Waals surface area contributed by atoms with Gasteiger partial charge in [0.1, 0.15) is 12.4 Å². The zero-order valence-electron chi connectivity index (χ0n) is 13.7. The van der Waals surface area contributed by atoms with Gasteiger partial charge >= 0.3 is 0 Å². The highest BCUT2D eigenvalue weighted by Crippen LogP contribution is 2.24. The quantitative estimate of drug-likeness (QED) is 0.511. The van der Waals surface area contributed by atoms with Gasteiger partial charge in [-0.15, -0.1) is 0 Å². The molecule has 0 saturated carbocycles. The van der Waals surface area contributed by atoms with E-state index in [0.29, 0.717) is 17.8 Å². The van der Waals surface area contributed by atoms with Crippen molar-refractivity contribution in [2.24, 2.45) is 10.9 Å². The van der Waals surface area contributed by atoms with Crippen LogP contribution in [-0.4, -0.2) is 60.1 Å². The van der Waals surface area contributed by atoms with Crippen molar-refractivity contribution in [2.45, 2.75) is 19.1 Å². The van der Waals surface area contributed by atoms with E-state index >= 15 is 0 Å². The van der Waals surface area contributed by atoms with E-state index in [0.717, 1.165) is 37.1 Å². The SMILES string of the molecule is CN=C(NCCOc1cccnc1)N1CCSC(C(C)C)C1. The molecule has 5 nitrogen and oxygen atoms in total. The normalized spacial score (nSPS) is 19.4. The smallest absolute Gasteiger partial charge is 0.193 e. The number of ether oxygens (including phenoxy) is 1. The maximum Gasteiger partial charge on any atom is 0.193 e. The van der Waals surface area contributed by atoms with E-state index in [-0.39, 0.29) is 0 Å². The average Bonchev–Trinajstić information content (AvgIpc) is 2.56. The number of aromatic nitrogens is 1. The molecule has 22 heavy (non-hydrogen) atoms. The van der Waals surface area contributed by atoms with Crippen LogP contribution in [0.1, 0.15) is 13.8 Å². The Hall–Kier alpha value is -1.43. The number of pyridine rings is 1. The van der Waals surface area contributed by atoms with Crippen LogP contribution in [0.2, 0.25) is 0 Å². The van der Waals surface area contributed by atoms with Gasteiger partial charge in [-0.05, 0) is 18.1 Å². The molecule has 2 heterocycles. The minimum atomic E-state index is 0.598. The fourth-order valence-corrected chi connectivity index (χ4v) is 3.67. The summed E-state index contributed by atoms with van der Waals surface area (Å²) in [6.45, 7) is 8.03. The Labute approximate surface area is 137 Å². The third-order valence-corrected chi connectivity index (χ3v) is 5.18. The van der Waals surface area contributed by atoms with Crippen molar-refractivity contribution in [2.75, 3.05) is 39.0 Å². The molecular formula is C16H26N4OS. The van der Waals surface area contributed by atoms with E-state index < -0.39 is 0 Å². The third kappa shape index (κ3) is 5.09. The highest BCUT2D eigenvalue weighted by atomic mass is 32.2. The molecule has 1 unspecified atom stereocenters. The summed E-state index contributed by atoms with van der Waals surface area (Å²) in [5.74, 6) is 3.63. The molecular weight excluding hydrogens is 296 g/mol. The van der Waals surface area contributed by atoms with E-state index in [4.69, 9.17) is 4.74 Å². The molecule has 1 N–H and O–H groups in total. The fraction of sp³-hybridized carbons (Fsp3) is 0.625. The largest absolute Gasteiger partial charge is 0.490 e. The maximum atomic E-state index is 5.64. The standard InChI is InChI=1S/C16H26N4OS/c1-13(2)15-12-20(8-10-22-15)16(17-3)19-7-9-21-14-5-4-6-18-11-14/h4-6,11,13,15H,7-10,12H2,1-3H3,(H,17,19). The number of nitrogens with zero attached hydrogens (tertiary/aromatic N) is 3. The summed E-state index contributed by atoms with van der Waals surface area (Å²) in [4.78, 5) is 10.8. The Morgan fingerprint density at radius 3 is 3.14 bits per heavy atom. The minimum absolute atomic E-state index is 0.598. The highest BCUT2D eigenvalue weighted by Gasteiger charge is 2.24. The van der Waals surface area contributed by atoms with E-state index in [1.807, 2.05) is 19.2 Å². The topological polar surface area (TPSA) is 49.8 Å². The second-order valence-corrected chi connectivity index (χ2v) is 6.96. The Kier molecular flexibility index (Phi) is 6.83. The van der Waals surface area contributed by atoms with Crippen molar-refractivity contribution >= 4 is 17.7 Å². The molecule has 0 aliphatic carbocycles. The number of guanidine groups is 1. The predicted molar refractivity (Wildman–Crippen MR) is 93.8 cm³/mol. The summed E-state index contributed by atoms with van der Waals surface area (Å²) in [5, 5.41) is 4.07. The molecule has 2 rings (SSSR count). The van der Waals surface area contributed by atoms with Gasteiger partial charge in [-0.3, -0.25) is 9.98 Å². The molecule has 1 aliphatic rings. The molecule has 0 aromatic carbocycles. The second kappa shape index (κ2) is 8.88.